The van der Waals surface area contributed by atoms with E-state index in [0.29, 0.717) is 16.6 Å². The molecule has 1 fully saturated rings. The lowest BCUT2D eigenvalue weighted by molar-refractivity contribution is -0.126. The summed E-state index contributed by atoms with van der Waals surface area (Å²) in [6.45, 7) is 5.77. The third kappa shape index (κ3) is 5.42. The summed E-state index contributed by atoms with van der Waals surface area (Å²) in [5.41, 5.74) is 2.65. The van der Waals surface area contributed by atoms with Crippen molar-refractivity contribution in [3.8, 4) is 0 Å². The minimum absolute atomic E-state index is 0.146. The average Bonchev–Trinajstić information content (AvgIpc) is 2.73. The molecule has 0 radical (unpaired) electrons. The summed E-state index contributed by atoms with van der Waals surface area (Å²) in [4.78, 5) is 27.8. The predicted molar refractivity (Wildman–Crippen MR) is 123 cm³/mol. The zero-order valence-corrected chi connectivity index (χ0v) is 18.8. The lowest BCUT2D eigenvalue weighted by Gasteiger charge is -2.33. The summed E-state index contributed by atoms with van der Waals surface area (Å²) in [5, 5.41) is 3.80. The molecule has 2 aromatic rings. The fourth-order valence-electron chi connectivity index (χ4n) is 4.12. The summed E-state index contributed by atoms with van der Waals surface area (Å²) in [5.74, 6) is 0.0740. The molecule has 1 saturated carbocycles. The van der Waals surface area contributed by atoms with E-state index in [0.717, 1.165) is 31.2 Å². The van der Waals surface area contributed by atoms with Gasteiger partial charge in [-0.1, -0.05) is 69.0 Å². The second-order valence-electron chi connectivity index (χ2n) is 8.43. The summed E-state index contributed by atoms with van der Waals surface area (Å²) < 4.78 is 0. The minimum Gasteiger partial charge on any atom is -0.351 e. The maximum atomic E-state index is 13.5. The highest BCUT2D eigenvalue weighted by Gasteiger charge is 2.32. The van der Waals surface area contributed by atoms with Crippen molar-refractivity contribution in [2.45, 2.75) is 70.9 Å². The number of carbonyl (C=O) groups excluding carboxylic acids is 2. The Morgan fingerprint density at radius 2 is 1.50 bits per heavy atom. The topological polar surface area (TPSA) is 49.4 Å². The summed E-state index contributed by atoms with van der Waals surface area (Å²) in [6, 6.07) is 14.5. The fourth-order valence-corrected chi connectivity index (χ4v) is 4.25. The Bertz CT molecular complexity index is 856. The van der Waals surface area contributed by atoms with Crippen LogP contribution >= 0.6 is 11.6 Å². The van der Waals surface area contributed by atoms with E-state index < -0.39 is 6.04 Å². The molecule has 4 nitrogen and oxygen atoms in total. The van der Waals surface area contributed by atoms with Crippen LogP contribution in [0.25, 0.3) is 0 Å². The van der Waals surface area contributed by atoms with Crippen LogP contribution in [-0.2, 0) is 9.59 Å². The molecular formula is C25H31ClN2O2. The van der Waals surface area contributed by atoms with Gasteiger partial charge in [0.25, 0.3) is 0 Å². The van der Waals surface area contributed by atoms with Crippen molar-refractivity contribution in [3.05, 3.63) is 64.7 Å². The van der Waals surface area contributed by atoms with Crippen LogP contribution in [0.5, 0.6) is 0 Å². The van der Waals surface area contributed by atoms with Crippen LogP contribution in [0.4, 0.5) is 5.69 Å². The molecule has 0 spiro atoms. The molecule has 1 aliphatic rings. The first kappa shape index (κ1) is 22.4. The zero-order chi connectivity index (χ0) is 21.7. The van der Waals surface area contributed by atoms with Crippen molar-refractivity contribution in [2.75, 3.05) is 4.90 Å². The number of halogens is 1. The Kier molecular flexibility index (Phi) is 7.54. The summed E-state index contributed by atoms with van der Waals surface area (Å²) in [6.07, 6.45) is 5.45. The number of rotatable bonds is 6. The highest BCUT2D eigenvalue weighted by atomic mass is 35.5. The van der Waals surface area contributed by atoms with Crippen LogP contribution in [0.15, 0.2) is 48.5 Å². The van der Waals surface area contributed by atoms with Crippen molar-refractivity contribution in [3.63, 3.8) is 0 Å². The van der Waals surface area contributed by atoms with E-state index in [1.807, 2.05) is 36.4 Å². The first-order chi connectivity index (χ1) is 14.4. The molecule has 1 aliphatic carbocycles. The van der Waals surface area contributed by atoms with Crippen LogP contribution in [0.2, 0.25) is 5.02 Å². The molecule has 160 valence electrons. The SMILES string of the molecule is CC(=O)N(c1ccc(C(C)C)cc1)C(C(=O)NC1CCCCC1)c1ccc(Cl)cc1. The number of nitrogens with one attached hydrogen (secondary N) is 1. The number of carbonyl (C=O) groups is 2. The molecule has 3 rings (SSSR count). The molecule has 2 aromatic carbocycles. The maximum absolute atomic E-state index is 13.5. The number of amides is 2. The average molecular weight is 427 g/mol. The fraction of sp³-hybridized carbons (Fsp3) is 0.440. The van der Waals surface area contributed by atoms with Gasteiger partial charge in [0.05, 0.1) is 0 Å². The molecule has 0 saturated heterocycles. The van der Waals surface area contributed by atoms with E-state index in [4.69, 9.17) is 11.6 Å². The first-order valence-electron chi connectivity index (χ1n) is 10.8. The van der Waals surface area contributed by atoms with Crippen LogP contribution < -0.4 is 10.2 Å². The largest absolute Gasteiger partial charge is 0.351 e. The number of hydrogen-bond acceptors (Lipinski definition) is 2. The van der Waals surface area contributed by atoms with Gasteiger partial charge in [0.15, 0.2) is 0 Å². The molecule has 0 aliphatic heterocycles. The molecule has 30 heavy (non-hydrogen) atoms. The minimum atomic E-state index is -0.744. The summed E-state index contributed by atoms with van der Waals surface area (Å²) in [7, 11) is 0. The van der Waals surface area contributed by atoms with Gasteiger partial charge in [-0.2, -0.15) is 0 Å². The smallest absolute Gasteiger partial charge is 0.248 e. The molecule has 0 heterocycles. The second-order valence-corrected chi connectivity index (χ2v) is 8.87. The highest BCUT2D eigenvalue weighted by Crippen LogP contribution is 2.31. The van der Waals surface area contributed by atoms with E-state index in [2.05, 4.69) is 19.2 Å². The molecule has 1 unspecified atom stereocenters. The molecule has 1 N–H and O–H groups in total. The van der Waals surface area contributed by atoms with Gasteiger partial charge in [0, 0.05) is 23.7 Å². The molecular weight excluding hydrogens is 396 g/mol. The molecule has 1 atom stereocenters. The van der Waals surface area contributed by atoms with Crippen molar-refractivity contribution >= 4 is 29.1 Å². The second kappa shape index (κ2) is 10.1. The van der Waals surface area contributed by atoms with Crippen LogP contribution in [-0.4, -0.2) is 17.9 Å². The highest BCUT2D eigenvalue weighted by molar-refractivity contribution is 6.30. The van der Waals surface area contributed by atoms with Crippen molar-refractivity contribution < 1.29 is 9.59 Å². The van der Waals surface area contributed by atoms with E-state index in [1.165, 1.54) is 18.9 Å². The molecule has 5 heteroatoms. The molecule has 2 amide bonds. The third-order valence-corrected chi connectivity index (χ3v) is 6.07. The number of benzene rings is 2. The molecule has 0 aromatic heterocycles. The maximum Gasteiger partial charge on any atom is 0.248 e. The third-order valence-electron chi connectivity index (χ3n) is 5.82. The van der Waals surface area contributed by atoms with Crippen molar-refractivity contribution in [1.82, 2.24) is 5.32 Å². The Balaban J connectivity index is 1.97. The Morgan fingerprint density at radius 3 is 2.03 bits per heavy atom. The monoisotopic (exact) mass is 426 g/mol. The van der Waals surface area contributed by atoms with Gasteiger partial charge >= 0.3 is 0 Å². The number of hydrogen-bond donors (Lipinski definition) is 1. The van der Waals surface area contributed by atoms with Gasteiger partial charge in [-0.15, -0.1) is 0 Å². The van der Waals surface area contributed by atoms with E-state index >= 15 is 0 Å². The van der Waals surface area contributed by atoms with Crippen LogP contribution in [0.3, 0.4) is 0 Å². The first-order valence-corrected chi connectivity index (χ1v) is 11.2. The van der Waals surface area contributed by atoms with Gasteiger partial charge in [0.1, 0.15) is 6.04 Å². The Labute approximate surface area is 184 Å². The van der Waals surface area contributed by atoms with Crippen molar-refractivity contribution in [2.24, 2.45) is 0 Å². The van der Waals surface area contributed by atoms with Gasteiger partial charge < -0.3 is 5.32 Å². The standard InChI is InChI=1S/C25H31ClN2O2/c1-17(2)19-11-15-23(16-12-19)28(18(3)29)24(20-9-13-21(26)14-10-20)25(30)27-22-7-5-4-6-8-22/h9-17,22,24H,4-8H2,1-3H3,(H,27,30). The molecule has 0 bridgehead atoms. The van der Waals surface area contributed by atoms with Gasteiger partial charge in [-0.25, -0.2) is 0 Å². The Hall–Kier alpha value is -2.33. The van der Waals surface area contributed by atoms with Gasteiger partial charge in [-0.3, -0.25) is 14.5 Å². The Morgan fingerprint density at radius 1 is 0.933 bits per heavy atom. The van der Waals surface area contributed by atoms with Gasteiger partial charge in [0.2, 0.25) is 11.8 Å². The van der Waals surface area contributed by atoms with Gasteiger partial charge in [-0.05, 0) is 54.2 Å². The quantitative estimate of drug-likeness (QED) is 0.615. The number of nitrogens with zero attached hydrogens (tertiary/aromatic N) is 1. The normalized spacial score (nSPS) is 15.6. The lowest BCUT2D eigenvalue weighted by Crippen LogP contribution is -2.46. The number of anilines is 1. The van der Waals surface area contributed by atoms with Crippen LogP contribution in [0.1, 0.15) is 76.0 Å². The summed E-state index contributed by atoms with van der Waals surface area (Å²) >= 11 is 6.08. The zero-order valence-electron chi connectivity index (χ0n) is 18.0. The van der Waals surface area contributed by atoms with E-state index in [-0.39, 0.29) is 17.9 Å². The van der Waals surface area contributed by atoms with Crippen LogP contribution in [0, 0.1) is 0 Å². The van der Waals surface area contributed by atoms with E-state index in [1.54, 1.807) is 17.0 Å². The van der Waals surface area contributed by atoms with Crippen molar-refractivity contribution in [1.29, 1.82) is 0 Å². The van der Waals surface area contributed by atoms with E-state index in [9.17, 15) is 9.59 Å². The predicted octanol–water partition coefficient (Wildman–Crippen LogP) is 6.01. The lowest BCUT2D eigenvalue weighted by atomic mass is 9.94.